The monoisotopic (exact) mass is 323 g/mol. The van der Waals surface area contributed by atoms with Gasteiger partial charge in [-0.05, 0) is 30.8 Å². The number of hydrogen-bond acceptors (Lipinski definition) is 3. The number of nitrogens with one attached hydrogen (secondary N) is 1. The van der Waals surface area contributed by atoms with Gasteiger partial charge in [0.25, 0.3) is 0 Å². The Morgan fingerprint density at radius 3 is 2.95 bits per heavy atom. The van der Waals surface area contributed by atoms with Crippen LogP contribution in [0, 0.1) is 0 Å². The standard InChI is InChI=1S/C14H18BrN3O/c1-16-10-11-9-12(3-4-13(11)15)19-8-5-14-17-6-7-18(14)2/h3-4,6-7,9,16H,5,8,10H2,1-2H3. The number of hydrogen-bond donors (Lipinski definition) is 1. The molecular formula is C14H18BrN3O. The van der Waals surface area contributed by atoms with Crippen LogP contribution in [0.15, 0.2) is 35.1 Å². The molecule has 19 heavy (non-hydrogen) atoms. The second-order valence-electron chi connectivity index (χ2n) is 4.34. The maximum atomic E-state index is 5.77. The molecule has 0 saturated carbocycles. The lowest BCUT2D eigenvalue weighted by molar-refractivity contribution is 0.317. The zero-order chi connectivity index (χ0) is 13.7. The van der Waals surface area contributed by atoms with Crippen molar-refractivity contribution >= 4 is 15.9 Å². The molecule has 4 nitrogen and oxygen atoms in total. The van der Waals surface area contributed by atoms with Crippen molar-refractivity contribution in [3.8, 4) is 5.75 Å². The normalized spacial score (nSPS) is 10.7. The number of halogens is 1. The molecule has 0 aliphatic rings. The Hall–Kier alpha value is -1.33. The van der Waals surface area contributed by atoms with E-state index >= 15 is 0 Å². The lowest BCUT2D eigenvalue weighted by Gasteiger charge is -2.09. The Balaban J connectivity index is 1.92. The van der Waals surface area contributed by atoms with Gasteiger partial charge in [-0.15, -0.1) is 0 Å². The van der Waals surface area contributed by atoms with Crippen molar-refractivity contribution in [1.82, 2.24) is 14.9 Å². The van der Waals surface area contributed by atoms with Gasteiger partial charge in [-0.1, -0.05) is 15.9 Å². The Morgan fingerprint density at radius 2 is 2.26 bits per heavy atom. The molecule has 0 bridgehead atoms. The maximum absolute atomic E-state index is 5.77. The Morgan fingerprint density at radius 1 is 1.42 bits per heavy atom. The average Bonchev–Trinajstić information content (AvgIpc) is 2.79. The van der Waals surface area contributed by atoms with Crippen LogP contribution in [-0.2, 0) is 20.0 Å². The molecule has 0 spiro atoms. The third-order valence-corrected chi connectivity index (χ3v) is 3.67. The number of ether oxygens (including phenoxy) is 1. The molecule has 0 atom stereocenters. The van der Waals surface area contributed by atoms with E-state index in [1.54, 1.807) is 6.20 Å². The summed E-state index contributed by atoms with van der Waals surface area (Å²) in [5.74, 6) is 1.93. The van der Waals surface area contributed by atoms with Crippen molar-refractivity contribution in [3.05, 3.63) is 46.5 Å². The van der Waals surface area contributed by atoms with Crippen molar-refractivity contribution < 1.29 is 4.74 Å². The van der Waals surface area contributed by atoms with Crippen molar-refractivity contribution in [3.63, 3.8) is 0 Å². The quantitative estimate of drug-likeness (QED) is 0.887. The zero-order valence-corrected chi connectivity index (χ0v) is 12.8. The van der Waals surface area contributed by atoms with Crippen LogP contribution >= 0.6 is 15.9 Å². The summed E-state index contributed by atoms with van der Waals surface area (Å²) in [4.78, 5) is 4.27. The first-order valence-corrected chi connectivity index (χ1v) is 7.02. The van der Waals surface area contributed by atoms with E-state index in [-0.39, 0.29) is 0 Å². The molecule has 0 saturated heterocycles. The van der Waals surface area contributed by atoms with E-state index in [9.17, 15) is 0 Å². The fourth-order valence-corrected chi connectivity index (χ4v) is 2.25. The highest BCUT2D eigenvalue weighted by atomic mass is 79.9. The van der Waals surface area contributed by atoms with E-state index in [1.165, 1.54) is 5.56 Å². The van der Waals surface area contributed by atoms with Gasteiger partial charge in [0.05, 0.1) is 6.61 Å². The van der Waals surface area contributed by atoms with E-state index in [2.05, 4.69) is 32.3 Å². The smallest absolute Gasteiger partial charge is 0.119 e. The minimum absolute atomic E-state index is 0.630. The third-order valence-electron chi connectivity index (χ3n) is 2.90. The molecule has 2 aromatic rings. The average molecular weight is 324 g/mol. The molecule has 0 fully saturated rings. The number of aryl methyl sites for hydroxylation is 1. The second kappa shape index (κ2) is 6.73. The lowest BCUT2D eigenvalue weighted by Crippen LogP contribution is -2.08. The number of rotatable bonds is 6. The highest BCUT2D eigenvalue weighted by Gasteiger charge is 2.03. The summed E-state index contributed by atoms with van der Waals surface area (Å²) in [6, 6.07) is 6.05. The van der Waals surface area contributed by atoms with Gasteiger partial charge in [0.15, 0.2) is 0 Å². The predicted molar refractivity (Wildman–Crippen MR) is 79.3 cm³/mol. The molecule has 1 aromatic heterocycles. The minimum atomic E-state index is 0.630. The molecule has 0 aliphatic carbocycles. The Kier molecular flexibility index (Phi) is 4.99. The maximum Gasteiger partial charge on any atom is 0.119 e. The van der Waals surface area contributed by atoms with Crippen LogP contribution in [0.1, 0.15) is 11.4 Å². The van der Waals surface area contributed by atoms with E-state index in [1.807, 2.05) is 37.0 Å². The van der Waals surface area contributed by atoms with Gasteiger partial charge in [-0.2, -0.15) is 0 Å². The van der Waals surface area contributed by atoms with Crippen molar-refractivity contribution in [1.29, 1.82) is 0 Å². The topological polar surface area (TPSA) is 39.1 Å². The van der Waals surface area contributed by atoms with Crippen LogP contribution in [0.2, 0.25) is 0 Å². The van der Waals surface area contributed by atoms with Crippen LogP contribution in [-0.4, -0.2) is 23.2 Å². The molecule has 102 valence electrons. The van der Waals surface area contributed by atoms with Crippen LogP contribution in [0.25, 0.3) is 0 Å². The van der Waals surface area contributed by atoms with Crippen molar-refractivity contribution in [2.75, 3.05) is 13.7 Å². The fourth-order valence-electron chi connectivity index (χ4n) is 1.86. The zero-order valence-electron chi connectivity index (χ0n) is 11.2. The molecule has 0 aliphatic heterocycles. The van der Waals surface area contributed by atoms with Gasteiger partial charge in [0.1, 0.15) is 11.6 Å². The van der Waals surface area contributed by atoms with Crippen molar-refractivity contribution in [2.24, 2.45) is 7.05 Å². The summed E-state index contributed by atoms with van der Waals surface area (Å²) in [5, 5.41) is 3.14. The fraction of sp³-hybridized carbons (Fsp3) is 0.357. The predicted octanol–water partition coefficient (Wildman–Crippen LogP) is 2.52. The van der Waals surface area contributed by atoms with Gasteiger partial charge in [0.2, 0.25) is 0 Å². The molecule has 5 heteroatoms. The van der Waals surface area contributed by atoms with Crippen LogP contribution in [0.3, 0.4) is 0 Å². The summed E-state index contributed by atoms with van der Waals surface area (Å²) in [6.45, 7) is 1.45. The number of benzene rings is 1. The number of nitrogens with zero attached hydrogens (tertiary/aromatic N) is 2. The first kappa shape index (κ1) is 14.1. The van der Waals surface area contributed by atoms with E-state index < -0.39 is 0 Å². The first-order valence-electron chi connectivity index (χ1n) is 6.22. The third kappa shape index (κ3) is 3.81. The number of aromatic nitrogens is 2. The van der Waals surface area contributed by atoms with Gasteiger partial charge >= 0.3 is 0 Å². The number of imidazole rings is 1. The summed E-state index contributed by atoms with van der Waals surface area (Å²) in [7, 11) is 3.92. The van der Waals surface area contributed by atoms with Gasteiger partial charge in [0, 0.05) is 36.9 Å². The largest absolute Gasteiger partial charge is 0.493 e. The molecule has 1 heterocycles. The van der Waals surface area contributed by atoms with E-state index in [0.717, 1.165) is 29.0 Å². The lowest BCUT2D eigenvalue weighted by atomic mass is 10.2. The van der Waals surface area contributed by atoms with E-state index in [4.69, 9.17) is 4.74 Å². The highest BCUT2D eigenvalue weighted by Crippen LogP contribution is 2.22. The van der Waals surface area contributed by atoms with Gasteiger partial charge in [-0.25, -0.2) is 4.98 Å². The van der Waals surface area contributed by atoms with Crippen molar-refractivity contribution in [2.45, 2.75) is 13.0 Å². The summed E-state index contributed by atoms with van der Waals surface area (Å²) < 4.78 is 8.88. The van der Waals surface area contributed by atoms with Gasteiger partial charge in [-0.3, -0.25) is 0 Å². The molecule has 0 unspecified atom stereocenters. The summed E-state index contributed by atoms with van der Waals surface area (Å²) in [6.07, 6.45) is 4.56. The SMILES string of the molecule is CNCc1cc(OCCc2nccn2C)ccc1Br. The molecular weight excluding hydrogens is 306 g/mol. The first-order chi connectivity index (χ1) is 9.20. The second-order valence-corrected chi connectivity index (χ2v) is 5.19. The molecule has 1 aromatic carbocycles. The molecule has 1 N–H and O–H groups in total. The minimum Gasteiger partial charge on any atom is -0.493 e. The van der Waals surface area contributed by atoms with Crippen LogP contribution < -0.4 is 10.1 Å². The summed E-state index contributed by atoms with van der Waals surface area (Å²) >= 11 is 3.53. The summed E-state index contributed by atoms with van der Waals surface area (Å²) in [5.41, 5.74) is 1.19. The Bertz CT molecular complexity index is 539. The van der Waals surface area contributed by atoms with Gasteiger partial charge < -0.3 is 14.6 Å². The Labute approximate surface area is 121 Å². The van der Waals surface area contributed by atoms with E-state index in [0.29, 0.717) is 6.61 Å². The molecule has 0 radical (unpaired) electrons. The van der Waals surface area contributed by atoms with Crippen LogP contribution in [0.5, 0.6) is 5.75 Å². The molecule has 0 amide bonds. The highest BCUT2D eigenvalue weighted by molar-refractivity contribution is 9.10. The van der Waals surface area contributed by atoms with Crippen LogP contribution in [0.4, 0.5) is 0 Å². The molecule has 2 rings (SSSR count).